The van der Waals surface area contributed by atoms with Gasteiger partial charge in [0.2, 0.25) is 0 Å². The first-order valence-corrected chi connectivity index (χ1v) is 8.46. The Hall–Kier alpha value is -2.82. The van der Waals surface area contributed by atoms with Crippen molar-refractivity contribution in [2.75, 3.05) is 0 Å². The van der Waals surface area contributed by atoms with Crippen molar-refractivity contribution in [3.8, 4) is 0 Å². The minimum Gasteiger partial charge on any atom is -0.465 e. The fraction of sp³-hybridized carbons (Fsp3) is 0.300. The number of amides is 1. The lowest BCUT2D eigenvalue weighted by molar-refractivity contribution is 0.184. The molecular weight excluding hydrogens is 314 g/mol. The molecule has 1 heterocycles. The van der Waals surface area contributed by atoms with Crippen molar-refractivity contribution >= 4 is 17.1 Å². The number of nitrogens with zero attached hydrogens (tertiary/aromatic N) is 2. The molecule has 2 N–H and O–H groups in total. The molecule has 3 aromatic rings. The molecule has 5 nitrogen and oxygen atoms in total. The molecule has 5 heteroatoms. The molecule has 0 radical (unpaired) electrons. The fourth-order valence-corrected chi connectivity index (χ4v) is 3.09. The molecule has 1 aromatic heterocycles. The van der Waals surface area contributed by atoms with E-state index in [-0.39, 0.29) is 12.0 Å². The standard InChI is InChI=1S/C20H23N3O2/c1-13(2)18(22-20(24)25)19-21-16-11-14(3)9-10-17(16)23(19)12-15-7-5-4-6-8-15/h4-11,13,18,22H,12H2,1-3H3,(H,24,25). The molecule has 130 valence electrons. The predicted octanol–water partition coefficient (Wildman–Crippen LogP) is 4.36. The van der Waals surface area contributed by atoms with E-state index in [4.69, 9.17) is 4.98 Å². The highest BCUT2D eigenvalue weighted by Gasteiger charge is 2.25. The van der Waals surface area contributed by atoms with Crippen LogP contribution in [0.3, 0.4) is 0 Å². The van der Waals surface area contributed by atoms with Crippen LogP contribution in [0.1, 0.15) is 36.8 Å². The fourth-order valence-electron chi connectivity index (χ4n) is 3.09. The number of fused-ring (bicyclic) bond motifs is 1. The summed E-state index contributed by atoms with van der Waals surface area (Å²) in [4.78, 5) is 16.1. The largest absolute Gasteiger partial charge is 0.465 e. The molecule has 0 aliphatic carbocycles. The van der Waals surface area contributed by atoms with Crippen molar-refractivity contribution < 1.29 is 9.90 Å². The first-order valence-electron chi connectivity index (χ1n) is 8.46. The normalized spacial score (nSPS) is 12.5. The van der Waals surface area contributed by atoms with E-state index in [1.807, 2.05) is 45.0 Å². The van der Waals surface area contributed by atoms with E-state index in [0.29, 0.717) is 6.54 Å². The average molecular weight is 337 g/mol. The number of carboxylic acid groups (broad SMARTS) is 1. The molecule has 2 aromatic carbocycles. The van der Waals surface area contributed by atoms with Gasteiger partial charge in [0.25, 0.3) is 0 Å². The number of aromatic nitrogens is 2. The number of benzene rings is 2. The van der Waals surface area contributed by atoms with Gasteiger partial charge < -0.3 is 15.0 Å². The van der Waals surface area contributed by atoms with Gasteiger partial charge >= 0.3 is 6.09 Å². The molecule has 0 saturated heterocycles. The van der Waals surface area contributed by atoms with Crippen molar-refractivity contribution in [2.45, 2.75) is 33.4 Å². The third-order valence-electron chi connectivity index (χ3n) is 4.34. The Morgan fingerprint density at radius 1 is 1.20 bits per heavy atom. The summed E-state index contributed by atoms with van der Waals surface area (Å²) in [6.07, 6.45) is -1.03. The lowest BCUT2D eigenvalue weighted by atomic mass is 10.0. The smallest absolute Gasteiger partial charge is 0.405 e. The molecule has 3 rings (SSSR count). The molecule has 0 aliphatic rings. The third kappa shape index (κ3) is 3.65. The summed E-state index contributed by atoms with van der Waals surface area (Å²) in [6, 6.07) is 15.9. The zero-order valence-electron chi connectivity index (χ0n) is 14.7. The Morgan fingerprint density at radius 3 is 2.56 bits per heavy atom. The maximum atomic E-state index is 11.3. The molecule has 1 atom stereocenters. The monoisotopic (exact) mass is 337 g/mol. The number of hydrogen-bond acceptors (Lipinski definition) is 2. The number of carbonyl (C=O) groups is 1. The second-order valence-corrected chi connectivity index (χ2v) is 6.71. The van der Waals surface area contributed by atoms with E-state index in [2.05, 4.69) is 34.1 Å². The maximum absolute atomic E-state index is 11.3. The van der Waals surface area contributed by atoms with Gasteiger partial charge in [-0.3, -0.25) is 0 Å². The highest BCUT2D eigenvalue weighted by Crippen LogP contribution is 2.27. The van der Waals surface area contributed by atoms with Gasteiger partial charge in [0.1, 0.15) is 5.82 Å². The Morgan fingerprint density at radius 2 is 1.92 bits per heavy atom. The summed E-state index contributed by atoms with van der Waals surface area (Å²) in [5.41, 5.74) is 4.20. The third-order valence-corrected chi connectivity index (χ3v) is 4.34. The second kappa shape index (κ2) is 6.97. The van der Waals surface area contributed by atoms with Crippen LogP contribution in [0, 0.1) is 12.8 Å². The van der Waals surface area contributed by atoms with Crippen LogP contribution in [0.5, 0.6) is 0 Å². The highest BCUT2D eigenvalue weighted by atomic mass is 16.4. The van der Waals surface area contributed by atoms with E-state index in [1.54, 1.807) is 0 Å². The van der Waals surface area contributed by atoms with Crippen LogP contribution in [-0.2, 0) is 6.54 Å². The van der Waals surface area contributed by atoms with Gasteiger partial charge in [0.15, 0.2) is 0 Å². The molecule has 0 aliphatic heterocycles. The van der Waals surface area contributed by atoms with Gasteiger partial charge in [0, 0.05) is 6.54 Å². The minimum absolute atomic E-state index is 0.0866. The highest BCUT2D eigenvalue weighted by molar-refractivity contribution is 5.77. The Balaban J connectivity index is 2.15. The summed E-state index contributed by atoms with van der Waals surface area (Å²) >= 11 is 0. The van der Waals surface area contributed by atoms with Crippen LogP contribution in [-0.4, -0.2) is 20.8 Å². The summed E-state index contributed by atoms with van der Waals surface area (Å²) in [7, 11) is 0. The van der Waals surface area contributed by atoms with Gasteiger partial charge in [-0.2, -0.15) is 0 Å². The first-order chi connectivity index (χ1) is 12.0. The van der Waals surface area contributed by atoms with Gasteiger partial charge in [-0.15, -0.1) is 0 Å². The first kappa shape index (κ1) is 17.0. The summed E-state index contributed by atoms with van der Waals surface area (Å²) < 4.78 is 2.12. The molecule has 0 spiro atoms. The Bertz CT molecular complexity index is 885. The zero-order chi connectivity index (χ0) is 18.0. The van der Waals surface area contributed by atoms with E-state index in [0.717, 1.165) is 28.0 Å². The molecule has 0 fully saturated rings. The van der Waals surface area contributed by atoms with Gasteiger partial charge in [-0.05, 0) is 36.1 Å². The number of aryl methyl sites for hydroxylation is 1. The topological polar surface area (TPSA) is 67.2 Å². The molecule has 1 unspecified atom stereocenters. The number of rotatable bonds is 5. The summed E-state index contributed by atoms with van der Waals surface area (Å²) in [5, 5.41) is 11.9. The van der Waals surface area contributed by atoms with Gasteiger partial charge in [-0.1, -0.05) is 50.2 Å². The Labute approximate surface area is 147 Å². The quantitative estimate of drug-likeness (QED) is 0.727. The zero-order valence-corrected chi connectivity index (χ0v) is 14.7. The second-order valence-electron chi connectivity index (χ2n) is 6.71. The van der Waals surface area contributed by atoms with Gasteiger partial charge in [-0.25, -0.2) is 9.78 Å². The number of nitrogens with one attached hydrogen (secondary N) is 1. The molecule has 0 saturated carbocycles. The van der Waals surface area contributed by atoms with Crippen LogP contribution < -0.4 is 5.32 Å². The van der Waals surface area contributed by atoms with Crippen LogP contribution in [0.25, 0.3) is 11.0 Å². The predicted molar refractivity (Wildman–Crippen MR) is 98.8 cm³/mol. The van der Waals surface area contributed by atoms with E-state index >= 15 is 0 Å². The minimum atomic E-state index is -1.03. The maximum Gasteiger partial charge on any atom is 0.405 e. The SMILES string of the molecule is Cc1ccc2c(c1)nc(C(NC(=O)O)C(C)C)n2Cc1ccccc1. The number of hydrogen-bond donors (Lipinski definition) is 2. The summed E-state index contributed by atoms with van der Waals surface area (Å²) in [6.45, 7) is 6.68. The molecule has 25 heavy (non-hydrogen) atoms. The van der Waals surface area contributed by atoms with E-state index in [9.17, 15) is 9.90 Å². The molecule has 0 bridgehead atoms. The van der Waals surface area contributed by atoms with E-state index in [1.165, 1.54) is 0 Å². The van der Waals surface area contributed by atoms with Crippen LogP contribution in [0.2, 0.25) is 0 Å². The van der Waals surface area contributed by atoms with Crippen LogP contribution in [0.4, 0.5) is 4.79 Å². The average Bonchev–Trinajstić information content (AvgIpc) is 2.90. The number of imidazole rings is 1. The van der Waals surface area contributed by atoms with Gasteiger partial charge in [0.05, 0.1) is 17.1 Å². The van der Waals surface area contributed by atoms with Crippen molar-refractivity contribution in [3.05, 3.63) is 65.5 Å². The van der Waals surface area contributed by atoms with Crippen LogP contribution >= 0.6 is 0 Å². The summed E-state index contributed by atoms with van der Waals surface area (Å²) in [5.74, 6) is 0.838. The van der Waals surface area contributed by atoms with Crippen molar-refractivity contribution in [1.29, 1.82) is 0 Å². The van der Waals surface area contributed by atoms with E-state index < -0.39 is 6.09 Å². The Kier molecular flexibility index (Phi) is 4.74. The lowest BCUT2D eigenvalue weighted by Crippen LogP contribution is -2.32. The van der Waals surface area contributed by atoms with Crippen molar-refractivity contribution in [1.82, 2.24) is 14.9 Å². The van der Waals surface area contributed by atoms with Crippen molar-refractivity contribution in [3.63, 3.8) is 0 Å². The molecule has 1 amide bonds. The van der Waals surface area contributed by atoms with Crippen LogP contribution in [0.15, 0.2) is 48.5 Å². The van der Waals surface area contributed by atoms with Crippen molar-refractivity contribution in [2.24, 2.45) is 5.92 Å². The molecular formula is C20H23N3O2. The lowest BCUT2D eigenvalue weighted by Gasteiger charge is -2.22.